The number of benzene rings is 2. The number of thiazole rings is 1. The van der Waals surface area contributed by atoms with Gasteiger partial charge in [0.1, 0.15) is 5.82 Å². The summed E-state index contributed by atoms with van der Waals surface area (Å²) in [5, 5.41) is 12.7. The lowest BCUT2D eigenvalue weighted by Gasteiger charge is -2.10. The first kappa shape index (κ1) is 20.6. The summed E-state index contributed by atoms with van der Waals surface area (Å²) in [6, 6.07) is 11.6. The van der Waals surface area contributed by atoms with Crippen LogP contribution in [0.2, 0.25) is 0 Å². The number of carbonyl (C=O) groups excluding carboxylic acids is 1. The first-order valence-corrected chi connectivity index (χ1v) is 11.7. The van der Waals surface area contributed by atoms with Gasteiger partial charge in [-0.05, 0) is 36.8 Å². The zero-order valence-electron chi connectivity index (χ0n) is 16.9. The highest BCUT2D eigenvalue weighted by Gasteiger charge is 2.17. The molecule has 0 aliphatic rings. The van der Waals surface area contributed by atoms with Gasteiger partial charge in [-0.25, -0.2) is 9.37 Å². The van der Waals surface area contributed by atoms with E-state index >= 15 is 0 Å². The van der Waals surface area contributed by atoms with Crippen molar-refractivity contribution in [2.24, 2.45) is 0 Å². The molecular formula is C21H17FN6O2S2. The highest BCUT2D eigenvalue weighted by atomic mass is 32.2. The van der Waals surface area contributed by atoms with Crippen molar-refractivity contribution >= 4 is 61.0 Å². The number of rotatable bonds is 6. The number of aromatic nitrogens is 5. The average Bonchev–Trinajstić information content (AvgIpc) is 3.38. The Balaban J connectivity index is 1.42. The van der Waals surface area contributed by atoms with Gasteiger partial charge in [-0.3, -0.25) is 18.6 Å². The summed E-state index contributed by atoms with van der Waals surface area (Å²) in [4.78, 5) is 29.7. The van der Waals surface area contributed by atoms with Crippen molar-refractivity contribution in [1.29, 1.82) is 0 Å². The molecule has 0 aliphatic heterocycles. The van der Waals surface area contributed by atoms with Crippen LogP contribution in [0, 0.1) is 5.82 Å². The van der Waals surface area contributed by atoms with Crippen molar-refractivity contribution in [3.8, 4) is 0 Å². The summed E-state index contributed by atoms with van der Waals surface area (Å²) in [6.07, 6.45) is 0.776. The van der Waals surface area contributed by atoms with Gasteiger partial charge in [-0.1, -0.05) is 42.2 Å². The monoisotopic (exact) mass is 468 g/mol. The molecule has 8 nitrogen and oxygen atoms in total. The summed E-state index contributed by atoms with van der Waals surface area (Å²) in [5.41, 5.74) is 1.22. The number of anilines is 1. The molecule has 0 saturated heterocycles. The zero-order chi connectivity index (χ0) is 22.2. The van der Waals surface area contributed by atoms with E-state index in [0.29, 0.717) is 43.7 Å². The lowest BCUT2D eigenvalue weighted by atomic mass is 10.2. The summed E-state index contributed by atoms with van der Waals surface area (Å²) >= 11 is 2.43. The third-order valence-electron chi connectivity index (χ3n) is 4.85. The fourth-order valence-corrected chi connectivity index (χ4v) is 5.14. The Morgan fingerprint density at radius 1 is 1.22 bits per heavy atom. The smallest absolute Gasteiger partial charge is 0.262 e. The SMILES string of the molecule is CCCn1c(=O)c2ccccc2n2c(SCC(=O)Nc3nc4ccc(F)cc4s3)nnc12. The van der Waals surface area contributed by atoms with Crippen LogP contribution in [0.5, 0.6) is 0 Å². The number of para-hydroxylation sites is 1. The molecule has 11 heteroatoms. The predicted molar refractivity (Wildman–Crippen MR) is 124 cm³/mol. The van der Waals surface area contributed by atoms with Crippen molar-refractivity contribution in [2.75, 3.05) is 11.1 Å². The lowest BCUT2D eigenvalue weighted by molar-refractivity contribution is -0.113. The summed E-state index contributed by atoms with van der Waals surface area (Å²) in [7, 11) is 0. The molecule has 162 valence electrons. The van der Waals surface area contributed by atoms with Crippen molar-refractivity contribution < 1.29 is 9.18 Å². The van der Waals surface area contributed by atoms with Crippen LogP contribution in [0.3, 0.4) is 0 Å². The van der Waals surface area contributed by atoms with Crippen molar-refractivity contribution in [1.82, 2.24) is 24.1 Å². The minimum atomic E-state index is -0.345. The molecule has 5 aromatic rings. The third-order valence-corrected chi connectivity index (χ3v) is 6.72. The van der Waals surface area contributed by atoms with Gasteiger partial charge < -0.3 is 5.32 Å². The normalized spacial score (nSPS) is 11.6. The minimum Gasteiger partial charge on any atom is -0.301 e. The molecule has 3 aromatic heterocycles. The molecule has 0 fully saturated rings. The Bertz CT molecular complexity index is 1540. The maximum atomic E-state index is 13.4. The van der Waals surface area contributed by atoms with Gasteiger partial charge in [0.25, 0.3) is 5.56 Å². The highest BCUT2D eigenvalue weighted by Crippen LogP contribution is 2.27. The second-order valence-electron chi connectivity index (χ2n) is 7.06. The number of hydrogen-bond acceptors (Lipinski definition) is 7. The molecule has 5 rings (SSSR count). The molecule has 0 bridgehead atoms. The van der Waals surface area contributed by atoms with Crippen LogP contribution in [-0.2, 0) is 11.3 Å². The molecule has 1 amide bonds. The van der Waals surface area contributed by atoms with Crippen LogP contribution in [0.25, 0.3) is 26.9 Å². The average molecular weight is 469 g/mol. The van der Waals surface area contributed by atoms with Crippen molar-refractivity contribution in [3.63, 3.8) is 0 Å². The molecule has 0 radical (unpaired) electrons. The molecular weight excluding hydrogens is 451 g/mol. The zero-order valence-corrected chi connectivity index (χ0v) is 18.5. The van der Waals surface area contributed by atoms with E-state index < -0.39 is 0 Å². The maximum absolute atomic E-state index is 13.4. The largest absolute Gasteiger partial charge is 0.301 e. The van der Waals surface area contributed by atoms with Gasteiger partial charge in [0.15, 0.2) is 10.3 Å². The van der Waals surface area contributed by atoms with Crippen molar-refractivity contribution in [3.05, 3.63) is 58.6 Å². The Labute approximate surface area is 189 Å². The molecule has 3 heterocycles. The highest BCUT2D eigenvalue weighted by molar-refractivity contribution is 7.99. The number of carbonyl (C=O) groups is 1. The fourth-order valence-electron chi connectivity index (χ4n) is 3.49. The Morgan fingerprint density at radius 3 is 2.91 bits per heavy atom. The van der Waals surface area contributed by atoms with Crippen molar-refractivity contribution in [2.45, 2.75) is 25.0 Å². The van der Waals surface area contributed by atoms with Gasteiger partial charge in [-0.15, -0.1) is 10.2 Å². The van der Waals surface area contributed by atoms with Crippen LogP contribution in [0.1, 0.15) is 13.3 Å². The summed E-state index contributed by atoms with van der Waals surface area (Å²) in [6.45, 7) is 2.51. The minimum absolute atomic E-state index is 0.0757. The van der Waals surface area contributed by atoms with E-state index in [4.69, 9.17) is 0 Å². The van der Waals surface area contributed by atoms with Gasteiger partial charge in [0, 0.05) is 6.54 Å². The molecule has 2 aromatic carbocycles. The summed E-state index contributed by atoms with van der Waals surface area (Å²) < 4.78 is 17.5. The van der Waals surface area contributed by atoms with Crippen LogP contribution in [0.4, 0.5) is 9.52 Å². The van der Waals surface area contributed by atoms with Gasteiger partial charge >= 0.3 is 0 Å². The first-order valence-electron chi connectivity index (χ1n) is 9.90. The molecule has 0 atom stereocenters. The van der Waals surface area contributed by atoms with Crippen LogP contribution in [-0.4, -0.2) is 35.8 Å². The van der Waals surface area contributed by atoms with Crippen LogP contribution in [0.15, 0.2) is 52.4 Å². The number of halogens is 1. The summed E-state index contributed by atoms with van der Waals surface area (Å²) in [5.74, 6) is -0.0853. The van der Waals surface area contributed by atoms with Crippen LogP contribution < -0.4 is 10.9 Å². The fraction of sp³-hybridized carbons (Fsp3) is 0.190. The maximum Gasteiger partial charge on any atom is 0.262 e. The van der Waals surface area contributed by atoms with Gasteiger partial charge in [0.2, 0.25) is 11.7 Å². The Kier molecular flexibility index (Phi) is 5.35. The predicted octanol–water partition coefficient (Wildman–Crippen LogP) is 3.93. The number of fused-ring (bicyclic) bond motifs is 4. The van der Waals surface area contributed by atoms with E-state index in [-0.39, 0.29) is 23.0 Å². The van der Waals surface area contributed by atoms with Crippen LogP contribution >= 0.6 is 23.1 Å². The second kappa shape index (κ2) is 8.32. The Hall–Kier alpha value is -3.31. The Morgan fingerprint density at radius 2 is 2.06 bits per heavy atom. The first-order chi connectivity index (χ1) is 15.5. The molecule has 0 aliphatic carbocycles. The topological polar surface area (TPSA) is 94.2 Å². The van der Waals surface area contributed by atoms with E-state index in [1.807, 2.05) is 29.5 Å². The van der Waals surface area contributed by atoms with E-state index in [1.54, 1.807) is 16.7 Å². The van der Waals surface area contributed by atoms with Gasteiger partial charge in [-0.2, -0.15) is 0 Å². The number of aryl methyl sites for hydroxylation is 1. The number of nitrogens with one attached hydrogen (secondary N) is 1. The van der Waals surface area contributed by atoms with E-state index in [0.717, 1.165) is 6.42 Å². The number of amides is 1. The molecule has 1 N–H and O–H groups in total. The number of thioether (sulfide) groups is 1. The van der Waals surface area contributed by atoms with E-state index in [2.05, 4.69) is 20.5 Å². The number of nitrogens with zero attached hydrogens (tertiary/aromatic N) is 5. The van der Waals surface area contributed by atoms with E-state index in [9.17, 15) is 14.0 Å². The molecule has 0 spiro atoms. The molecule has 0 unspecified atom stereocenters. The third kappa shape index (κ3) is 3.63. The lowest BCUT2D eigenvalue weighted by Crippen LogP contribution is -2.23. The number of hydrogen-bond donors (Lipinski definition) is 1. The van der Waals surface area contributed by atoms with E-state index in [1.165, 1.54) is 35.2 Å². The standard InChI is InChI=1S/C21H17FN6O2S2/c1-2-9-27-18(30)13-5-3-4-6-15(13)28-20(27)25-26-21(28)31-11-17(29)24-19-23-14-8-7-12(22)10-16(14)32-19/h3-8,10H,2,9,11H2,1H3,(H,23,24,29). The second-order valence-corrected chi connectivity index (χ2v) is 9.03. The molecule has 0 saturated carbocycles. The van der Waals surface area contributed by atoms with Gasteiger partial charge in [0.05, 0.1) is 26.9 Å². The quantitative estimate of drug-likeness (QED) is 0.380. The molecule has 32 heavy (non-hydrogen) atoms.